The number of benzene rings is 3. The molecule has 0 aliphatic carbocycles. The molecule has 0 aromatic heterocycles. The van der Waals surface area contributed by atoms with Gasteiger partial charge in [0, 0.05) is 18.8 Å². The number of hydrogen-bond acceptors (Lipinski definition) is 2. The molecule has 3 aromatic rings. The fourth-order valence-electron chi connectivity index (χ4n) is 3.27. The highest BCUT2D eigenvalue weighted by atomic mass is 16.5. The van der Waals surface area contributed by atoms with Crippen molar-refractivity contribution in [1.29, 1.82) is 0 Å². The fourth-order valence-corrected chi connectivity index (χ4v) is 3.27. The molecule has 1 heterocycles. The predicted molar refractivity (Wildman–Crippen MR) is 114 cm³/mol. The van der Waals surface area contributed by atoms with Gasteiger partial charge in [0.2, 0.25) is 0 Å². The molecule has 1 fully saturated rings. The van der Waals surface area contributed by atoms with Crippen molar-refractivity contribution in [3.05, 3.63) is 102 Å². The molecule has 0 bridgehead atoms. The molecule has 1 aliphatic rings. The molecule has 1 unspecified atom stereocenters. The van der Waals surface area contributed by atoms with E-state index in [1.54, 1.807) is 0 Å². The molecule has 1 atom stereocenters. The Hall–Kier alpha value is -2.58. The maximum atomic E-state index is 6.08. The first-order valence-corrected chi connectivity index (χ1v) is 9.78. The molecule has 4 rings (SSSR count). The standard InChI is InChI=1S/C18H21NO.C7H8/c1-3-8-16(9-4-1)15-20-18-12-7-13-19(14-18)17-10-5-2-6-11-17;1-7-5-3-2-4-6-7/h1-6,8-11,18H,7,12-15H2;2-6H,1H3. The molecule has 0 radical (unpaired) electrons. The van der Waals surface area contributed by atoms with Gasteiger partial charge < -0.3 is 9.64 Å². The number of hydrogen-bond donors (Lipinski definition) is 0. The van der Waals surface area contributed by atoms with Gasteiger partial charge in [-0.25, -0.2) is 0 Å². The average Bonchev–Trinajstić information content (AvgIpc) is 2.75. The van der Waals surface area contributed by atoms with E-state index in [-0.39, 0.29) is 0 Å². The summed E-state index contributed by atoms with van der Waals surface area (Å²) in [6.07, 6.45) is 2.70. The number of ether oxygens (including phenoxy) is 1. The lowest BCUT2D eigenvalue weighted by molar-refractivity contribution is 0.0316. The van der Waals surface area contributed by atoms with Crippen LogP contribution in [0.4, 0.5) is 5.69 Å². The van der Waals surface area contributed by atoms with Crippen molar-refractivity contribution in [1.82, 2.24) is 0 Å². The van der Waals surface area contributed by atoms with Crippen LogP contribution in [-0.4, -0.2) is 19.2 Å². The van der Waals surface area contributed by atoms with Crippen molar-refractivity contribution in [2.75, 3.05) is 18.0 Å². The average molecular weight is 360 g/mol. The van der Waals surface area contributed by atoms with Gasteiger partial charge in [0.15, 0.2) is 0 Å². The fraction of sp³-hybridized carbons (Fsp3) is 0.280. The number of aryl methyl sites for hydroxylation is 1. The zero-order valence-corrected chi connectivity index (χ0v) is 16.1. The van der Waals surface area contributed by atoms with Crippen LogP contribution in [0.3, 0.4) is 0 Å². The number of para-hydroxylation sites is 1. The molecule has 0 spiro atoms. The predicted octanol–water partition coefficient (Wildman–Crippen LogP) is 5.87. The van der Waals surface area contributed by atoms with E-state index in [1.165, 1.54) is 23.2 Å². The van der Waals surface area contributed by atoms with Gasteiger partial charge in [0.1, 0.15) is 0 Å². The molecule has 0 N–H and O–H groups in total. The Balaban J connectivity index is 0.000000253. The maximum Gasteiger partial charge on any atom is 0.0755 e. The highest BCUT2D eigenvalue weighted by molar-refractivity contribution is 5.46. The number of piperidine rings is 1. The summed E-state index contributed by atoms with van der Waals surface area (Å²) in [6.45, 7) is 4.93. The second-order valence-corrected chi connectivity index (χ2v) is 7.00. The van der Waals surface area contributed by atoms with Crippen molar-refractivity contribution >= 4 is 5.69 Å². The van der Waals surface area contributed by atoms with Gasteiger partial charge in [-0.1, -0.05) is 84.4 Å². The Kier molecular flexibility index (Phi) is 7.49. The topological polar surface area (TPSA) is 12.5 Å². The first-order valence-electron chi connectivity index (χ1n) is 9.78. The Morgan fingerprint density at radius 2 is 1.41 bits per heavy atom. The van der Waals surface area contributed by atoms with Crippen molar-refractivity contribution in [2.45, 2.75) is 32.5 Å². The summed E-state index contributed by atoms with van der Waals surface area (Å²) >= 11 is 0. The normalized spacial score (nSPS) is 16.3. The molecular weight excluding hydrogens is 330 g/mol. The van der Waals surface area contributed by atoms with E-state index in [0.29, 0.717) is 12.7 Å². The van der Waals surface area contributed by atoms with Crippen molar-refractivity contribution in [3.8, 4) is 0 Å². The minimum Gasteiger partial charge on any atom is -0.372 e. The van der Waals surface area contributed by atoms with Gasteiger partial charge in [-0.2, -0.15) is 0 Å². The van der Waals surface area contributed by atoms with Crippen LogP contribution in [0.2, 0.25) is 0 Å². The molecule has 2 heteroatoms. The van der Waals surface area contributed by atoms with Gasteiger partial charge in [0.25, 0.3) is 0 Å². The van der Waals surface area contributed by atoms with Crippen LogP contribution < -0.4 is 4.90 Å². The van der Waals surface area contributed by atoms with E-state index in [1.807, 2.05) is 24.3 Å². The number of rotatable bonds is 4. The van der Waals surface area contributed by atoms with Gasteiger partial charge in [-0.15, -0.1) is 0 Å². The first-order chi connectivity index (χ1) is 13.3. The van der Waals surface area contributed by atoms with Crippen LogP contribution >= 0.6 is 0 Å². The van der Waals surface area contributed by atoms with Crippen molar-refractivity contribution < 1.29 is 4.74 Å². The molecule has 1 saturated heterocycles. The van der Waals surface area contributed by atoms with E-state index < -0.39 is 0 Å². The molecule has 140 valence electrons. The summed E-state index contributed by atoms with van der Waals surface area (Å²) in [5, 5.41) is 0. The third-order valence-corrected chi connectivity index (χ3v) is 4.77. The van der Waals surface area contributed by atoms with Crippen LogP contribution in [-0.2, 0) is 11.3 Å². The third-order valence-electron chi connectivity index (χ3n) is 4.77. The summed E-state index contributed by atoms with van der Waals surface area (Å²) in [7, 11) is 0. The van der Waals surface area contributed by atoms with E-state index in [4.69, 9.17) is 4.74 Å². The minimum atomic E-state index is 0.337. The summed E-state index contributed by atoms with van der Waals surface area (Å²) in [5.41, 5.74) is 3.88. The lowest BCUT2D eigenvalue weighted by Gasteiger charge is -2.34. The smallest absolute Gasteiger partial charge is 0.0755 e. The van der Waals surface area contributed by atoms with Crippen LogP contribution in [0.5, 0.6) is 0 Å². The Labute approximate surface area is 163 Å². The summed E-state index contributed by atoms with van der Waals surface area (Å²) in [5.74, 6) is 0. The Bertz CT molecular complexity index is 758. The highest BCUT2D eigenvalue weighted by Crippen LogP contribution is 2.21. The molecule has 0 amide bonds. The quantitative estimate of drug-likeness (QED) is 0.578. The second kappa shape index (κ2) is 10.5. The van der Waals surface area contributed by atoms with Gasteiger partial charge in [0.05, 0.1) is 12.7 Å². The van der Waals surface area contributed by atoms with E-state index >= 15 is 0 Å². The zero-order valence-electron chi connectivity index (χ0n) is 16.1. The summed E-state index contributed by atoms with van der Waals surface area (Å²) in [4.78, 5) is 2.43. The molecule has 3 aromatic carbocycles. The highest BCUT2D eigenvalue weighted by Gasteiger charge is 2.20. The molecule has 0 saturated carbocycles. The van der Waals surface area contributed by atoms with Crippen LogP contribution in [0.1, 0.15) is 24.0 Å². The first kappa shape index (κ1) is 19.2. The minimum absolute atomic E-state index is 0.337. The summed E-state index contributed by atoms with van der Waals surface area (Å²) < 4.78 is 6.08. The van der Waals surface area contributed by atoms with Crippen molar-refractivity contribution in [3.63, 3.8) is 0 Å². The van der Waals surface area contributed by atoms with Gasteiger partial charge in [-0.3, -0.25) is 0 Å². The van der Waals surface area contributed by atoms with Crippen LogP contribution in [0.25, 0.3) is 0 Å². The number of anilines is 1. The lowest BCUT2D eigenvalue weighted by Crippen LogP contribution is -2.39. The molecule has 1 aliphatic heterocycles. The van der Waals surface area contributed by atoms with E-state index in [2.05, 4.69) is 78.6 Å². The van der Waals surface area contributed by atoms with Gasteiger partial charge in [-0.05, 0) is 37.5 Å². The van der Waals surface area contributed by atoms with Crippen LogP contribution in [0.15, 0.2) is 91.0 Å². The molecule has 27 heavy (non-hydrogen) atoms. The summed E-state index contributed by atoms with van der Waals surface area (Å²) in [6, 6.07) is 31.3. The lowest BCUT2D eigenvalue weighted by atomic mass is 10.1. The van der Waals surface area contributed by atoms with E-state index in [0.717, 1.165) is 19.5 Å². The Morgan fingerprint density at radius 3 is 2.00 bits per heavy atom. The second-order valence-electron chi connectivity index (χ2n) is 7.00. The largest absolute Gasteiger partial charge is 0.372 e. The van der Waals surface area contributed by atoms with Gasteiger partial charge >= 0.3 is 0 Å². The monoisotopic (exact) mass is 359 g/mol. The van der Waals surface area contributed by atoms with E-state index in [9.17, 15) is 0 Å². The Morgan fingerprint density at radius 1 is 0.815 bits per heavy atom. The SMILES string of the molecule is Cc1ccccc1.c1ccc(COC2CCCN(c3ccccc3)C2)cc1. The number of nitrogens with zero attached hydrogens (tertiary/aromatic N) is 1. The maximum absolute atomic E-state index is 6.08. The van der Waals surface area contributed by atoms with Crippen molar-refractivity contribution in [2.24, 2.45) is 0 Å². The van der Waals surface area contributed by atoms with Crippen LogP contribution in [0, 0.1) is 6.92 Å². The zero-order chi connectivity index (χ0) is 18.7. The molecular formula is C25H29NO. The molecule has 2 nitrogen and oxygen atoms in total. The third kappa shape index (κ3) is 6.58.